The van der Waals surface area contributed by atoms with Crippen LogP contribution in [0.15, 0.2) is 27.7 Å². The lowest BCUT2D eigenvalue weighted by Gasteiger charge is -2.14. The second kappa shape index (κ2) is 10.5. The highest BCUT2D eigenvalue weighted by Gasteiger charge is 2.13. The van der Waals surface area contributed by atoms with Crippen LogP contribution in [0.4, 0.5) is 0 Å². The number of aromatic nitrogens is 1. The van der Waals surface area contributed by atoms with E-state index in [4.69, 9.17) is 16.1 Å². The van der Waals surface area contributed by atoms with Crippen LogP contribution in [-0.2, 0) is 6.54 Å². The predicted octanol–water partition coefficient (Wildman–Crippen LogP) is 4.08. The van der Waals surface area contributed by atoms with Gasteiger partial charge in [0.1, 0.15) is 12.6 Å². The Labute approximate surface area is 163 Å². The van der Waals surface area contributed by atoms with Crippen molar-refractivity contribution in [2.24, 2.45) is 4.99 Å². The highest BCUT2D eigenvalue weighted by atomic mass is 35.5. The molecule has 0 spiro atoms. The van der Waals surface area contributed by atoms with E-state index in [2.05, 4.69) is 34.6 Å². The summed E-state index contributed by atoms with van der Waals surface area (Å²) in [5.74, 6) is 1.78. The molecule has 3 N–H and O–H groups in total. The Bertz CT molecular complexity index is 697. The number of aliphatic imine (C=N–C) groups is 1. The van der Waals surface area contributed by atoms with Gasteiger partial charge in [-0.2, -0.15) is 0 Å². The molecule has 1 atom stereocenters. The molecule has 6 nitrogen and oxygen atoms in total. The van der Waals surface area contributed by atoms with Crippen molar-refractivity contribution in [3.8, 4) is 0 Å². The van der Waals surface area contributed by atoms with Gasteiger partial charge in [-0.05, 0) is 31.9 Å². The van der Waals surface area contributed by atoms with Gasteiger partial charge in [0.2, 0.25) is 0 Å². The summed E-state index contributed by atoms with van der Waals surface area (Å²) in [4.78, 5) is 5.33. The second-order valence-electron chi connectivity index (χ2n) is 5.97. The summed E-state index contributed by atoms with van der Waals surface area (Å²) in [5.41, 5.74) is 0.989. The lowest BCUT2D eigenvalue weighted by Crippen LogP contribution is -2.39. The first-order valence-electron chi connectivity index (χ1n) is 8.98. The van der Waals surface area contributed by atoms with E-state index in [0.717, 1.165) is 35.7 Å². The Morgan fingerprint density at radius 3 is 2.69 bits per heavy atom. The SMILES string of the molecule is CCNC(=NCc1cc(C(CC)CC)no1)NCC(O)c1ccc(Cl)s1. The van der Waals surface area contributed by atoms with E-state index in [1.807, 2.05) is 19.1 Å². The number of aliphatic hydroxyl groups excluding tert-OH is 1. The zero-order chi connectivity index (χ0) is 18.9. The highest BCUT2D eigenvalue weighted by molar-refractivity contribution is 7.16. The predicted molar refractivity (Wildman–Crippen MR) is 107 cm³/mol. The van der Waals surface area contributed by atoms with Gasteiger partial charge in [0, 0.05) is 30.0 Å². The number of nitrogens with one attached hydrogen (secondary N) is 2. The van der Waals surface area contributed by atoms with Crippen LogP contribution < -0.4 is 10.6 Å². The van der Waals surface area contributed by atoms with Gasteiger partial charge < -0.3 is 20.3 Å². The third-order valence-corrected chi connectivity index (χ3v) is 5.44. The number of hydrogen-bond acceptors (Lipinski definition) is 5. The molecule has 0 saturated heterocycles. The average molecular weight is 399 g/mol. The monoisotopic (exact) mass is 398 g/mol. The van der Waals surface area contributed by atoms with Crippen LogP contribution in [-0.4, -0.2) is 29.3 Å². The van der Waals surface area contributed by atoms with E-state index in [0.29, 0.717) is 29.3 Å². The number of thiophene rings is 1. The van der Waals surface area contributed by atoms with Gasteiger partial charge in [0.25, 0.3) is 0 Å². The first kappa shape index (κ1) is 20.7. The van der Waals surface area contributed by atoms with Crippen LogP contribution >= 0.6 is 22.9 Å². The van der Waals surface area contributed by atoms with Crippen molar-refractivity contribution in [1.29, 1.82) is 0 Å². The molecule has 0 saturated carbocycles. The molecule has 0 aliphatic rings. The summed E-state index contributed by atoms with van der Waals surface area (Å²) in [6.45, 7) is 7.76. The molecule has 2 aromatic heterocycles. The molecule has 144 valence electrons. The highest BCUT2D eigenvalue weighted by Crippen LogP contribution is 2.26. The number of halogens is 1. The summed E-state index contributed by atoms with van der Waals surface area (Å²) in [7, 11) is 0. The molecule has 0 amide bonds. The fourth-order valence-electron chi connectivity index (χ4n) is 2.60. The Hall–Kier alpha value is -1.57. The number of aliphatic hydroxyl groups is 1. The molecule has 0 bridgehead atoms. The van der Waals surface area contributed by atoms with Gasteiger partial charge >= 0.3 is 0 Å². The van der Waals surface area contributed by atoms with Crippen molar-refractivity contribution >= 4 is 28.9 Å². The van der Waals surface area contributed by atoms with Crippen LogP contribution in [0, 0.1) is 0 Å². The minimum absolute atomic E-state index is 0.345. The van der Waals surface area contributed by atoms with Crippen molar-refractivity contribution in [3.63, 3.8) is 0 Å². The van der Waals surface area contributed by atoms with Gasteiger partial charge in [-0.3, -0.25) is 0 Å². The van der Waals surface area contributed by atoms with E-state index >= 15 is 0 Å². The average Bonchev–Trinajstić information content (AvgIpc) is 3.27. The second-order valence-corrected chi connectivity index (χ2v) is 7.71. The Morgan fingerprint density at radius 2 is 2.08 bits per heavy atom. The van der Waals surface area contributed by atoms with Gasteiger partial charge in [-0.15, -0.1) is 11.3 Å². The zero-order valence-corrected chi connectivity index (χ0v) is 17.0. The largest absolute Gasteiger partial charge is 0.386 e. The number of guanidine groups is 1. The zero-order valence-electron chi connectivity index (χ0n) is 15.5. The van der Waals surface area contributed by atoms with Gasteiger partial charge in [0.05, 0.1) is 10.0 Å². The summed E-state index contributed by atoms with van der Waals surface area (Å²) < 4.78 is 6.07. The molecule has 0 aromatic carbocycles. The molecule has 8 heteroatoms. The third kappa shape index (κ3) is 6.00. The topological polar surface area (TPSA) is 82.7 Å². The smallest absolute Gasteiger partial charge is 0.191 e. The van der Waals surface area contributed by atoms with Crippen molar-refractivity contribution in [2.75, 3.05) is 13.1 Å². The van der Waals surface area contributed by atoms with Crippen LogP contribution in [0.5, 0.6) is 0 Å². The van der Waals surface area contributed by atoms with Crippen LogP contribution in [0.1, 0.15) is 62.0 Å². The molecule has 0 aliphatic heterocycles. The maximum absolute atomic E-state index is 10.2. The molecule has 0 radical (unpaired) electrons. The van der Waals surface area contributed by atoms with E-state index in [9.17, 15) is 5.11 Å². The minimum Gasteiger partial charge on any atom is -0.386 e. The summed E-state index contributed by atoms with van der Waals surface area (Å²) in [6, 6.07) is 5.59. The molecule has 26 heavy (non-hydrogen) atoms. The third-order valence-electron chi connectivity index (χ3n) is 4.10. The number of rotatable bonds is 9. The molecule has 0 fully saturated rings. The molecule has 2 rings (SSSR count). The maximum Gasteiger partial charge on any atom is 0.191 e. The molecule has 2 heterocycles. The van der Waals surface area contributed by atoms with Crippen molar-refractivity contribution in [2.45, 2.75) is 52.2 Å². The Kier molecular flexibility index (Phi) is 8.41. The fraction of sp³-hybridized carbons (Fsp3) is 0.556. The molecule has 1 unspecified atom stereocenters. The van der Waals surface area contributed by atoms with Crippen molar-refractivity contribution in [1.82, 2.24) is 15.8 Å². The number of hydrogen-bond donors (Lipinski definition) is 3. The normalized spacial score (nSPS) is 13.2. The first-order chi connectivity index (χ1) is 12.6. The fourth-order valence-corrected chi connectivity index (χ4v) is 3.65. The van der Waals surface area contributed by atoms with E-state index < -0.39 is 6.10 Å². The van der Waals surface area contributed by atoms with Crippen molar-refractivity contribution in [3.05, 3.63) is 38.9 Å². The Morgan fingerprint density at radius 1 is 1.31 bits per heavy atom. The maximum atomic E-state index is 10.2. The van der Waals surface area contributed by atoms with E-state index in [1.165, 1.54) is 11.3 Å². The lowest BCUT2D eigenvalue weighted by molar-refractivity contribution is 0.184. The van der Waals surface area contributed by atoms with E-state index in [1.54, 1.807) is 6.07 Å². The van der Waals surface area contributed by atoms with Crippen LogP contribution in [0.25, 0.3) is 0 Å². The quantitative estimate of drug-likeness (QED) is 0.438. The summed E-state index contributed by atoms with van der Waals surface area (Å²) >= 11 is 7.29. The lowest BCUT2D eigenvalue weighted by atomic mass is 9.99. The Balaban J connectivity index is 1.93. The molecular formula is C18H27ClN4O2S. The molecule has 2 aromatic rings. The standard InChI is InChI=1S/C18H27ClN4O2S/c1-4-12(5-2)14-9-13(25-23-14)10-21-18(20-6-3)22-11-15(24)16-7-8-17(19)26-16/h7-9,12,15,24H,4-6,10-11H2,1-3H3,(H2,20,21,22). The van der Waals surface area contributed by atoms with Crippen LogP contribution in [0.3, 0.4) is 0 Å². The van der Waals surface area contributed by atoms with Crippen LogP contribution in [0.2, 0.25) is 4.34 Å². The minimum atomic E-state index is -0.636. The summed E-state index contributed by atoms with van der Waals surface area (Å²) in [5, 5.41) is 20.7. The number of nitrogens with zero attached hydrogens (tertiary/aromatic N) is 2. The van der Waals surface area contributed by atoms with Gasteiger partial charge in [-0.25, -0.2) is 4.99 Å². The van der Waals surface area contributed by atoms with E-state index in [-0.39, 0.29) is 0 Å². The summed E-state index contributed by atoms with van der Waals surface area (Å²) in [6.07, 6.45) is 1.45. The van der Waals surface area contributed by atoms with Crippen molar-refractivity contribution < 1.29 is 9.63 Å². The molecular weight excluding hydrogens is 372 g/mol. The first-order valence-corrected chi connectivity index (χ1v) is 10.2. The molecule has 0 aliphatic carbocycles. The van der Waals surface area contributed by atoms with Gasteiger partial charge in [-0.1, -0.05) is 30.6 Å². The van der Waals surface area contributed by atoms with Gasteiger partial charge in [0.15, 0.2) is 11.7 Å².